The zero-order valence-corrected chi connectivity index (χ0v) is 21.5. The maximum absolute atomic E-state index is 7.50. The van der Waals surface area contributed by atoms with Crippen LogP contribution in [0.5, 0.6) is 0 Å². The Bertz CT molecular complexity index is 281. The second-order valence-electron chi connectivity index (χ2n) is 1.54. The predicted molar refractivity (Wildman–Crippen MR) is 87.3 cm³/mol. The first-order chi connectivity index (χ1) is 14.7. The molecular formula is C14H18Mn2O14P2. The van der Waals surface area contributed by atoms with E-state index < -0.39 is 17.2 Å². The van der Waals surface area contributed by atoms with Gasteiger partial charge in [0.05, 0.1) is 0 Å². The Hall–Kier alpha value is -0.421. The Morgan fingerprint density at radius 1 is 0.312 bits per heavy atom. The van der Waals surface area contributed by atoms with Crippen LogP contribution in [0.2, 0.25) is 0 Å². The third-order valence-corrected chi connectivity index (χ3v) is 2.68. The minimum absolute atomic E-state index is 0. The molecule has 0 amide bonds. The molecule has 0 N–H and O–H groups in total. The van der Waals surface area contributed by atoms with Crippen LogP contribution in [-0.2, 0) is 98.5 Å². The first-order valence-electron chi connectivity index (χ1n) is 5.18. The van der Waals surface area contributed by atoms with Gasteiger partial charge >= 0.3 is 108 Å². The summed E-state index contributed by atoms with van der Waals surface area (Å²) >= 11 is 0. The third kappa shape index (κ3) is 180. The average molecular weight is 582 g/mol. The molecule has 182 valence electrons. The van der Waals surface area contributed by atoms with E-state index >= 15 is 0 Å². The van der Waals surface area contributed by atoms with Gasteiger partial charge in [-0.1, -0.05) is 0 Å². The summed E-state index contributed by atoms with van der Waals surface area (Å²) in [5.41, 5.74) is 0. The molecule has 0 aromatic carbocycles. The maximum Gasteiger partial charge on any atom is 0 e. The Morgan fingerprint density at radius 2 is 0.375 bits per heavy atom. The van der Waals surface area contributed by atoms with Crippen LogP contribution >= 0.6 is 17.2 Å². The second-order valence-corrected chi connectivity index (χ2v) is 4.63. The van der Waals surface area contributed by atoms with Crippen molar-refractivity contribution >= 4 is 17.2 Å². The minimum atomic E-state index is -1.05. The summed E-state index contributed by atoms with van der Waals surface area (Å²) in [7, 11) is 7.13. The predicted octanol–water partition coefficient (Wildman–Crippen LogP) is 2.00. The van der Waals surface area contributed by atoms with Crippen LogP contribution in [0.1, 0.15) is 0 Å². The van der Waals surface area contributed by atoms with Crippen LogP contribution in [0.3, 0.4) is 0 Å². The van der Waals surface area contributed by atoms with E-state index in [1.54, 1.807) is 42.7 Å². The summed E-state index contributed by atoms with van der Waals surface area (Å²) in [6.45, 7) is 36.0. The van der Waals surface area contributed by atoms with Crippen molar-refractivity contribution in [3.05, 3.63) is 53.2 Å². The molecule has 0 aliphatic rings. The van der Waals surface area contributed by atoms with Gasteiger partial charge in [0, 0.05) is 76.8 Å². The summed E-state index contributed by atoms with van der Waals surface area (Å²) in [4.78, 5) is 0. The van der Waals surface area contributed by atoms with Gasteiger partial charge in [-0.3, -0.25) is 0 Å². The van der Waals surface area contributed by atoms with Gasteiger partial charge in [0.25, 0.3) is 0 Å². The number of hydrogen-bond acceptors (Lipinski definition) is 6. The van der Waals surface area contributed by atoms with Crippen molar-refractivity contribution < 1.29 is 98.5 Å². The average Bonchev–Trinajstić information content (AvgIpc) is 2.91. The summed E-state index contributed by atoms with van der Waals surface area (Å²) in [5, 5.41) is 0. The fraction of sp³-hybridized carbons (Fsp3) is 0.429. The van der Waals surface area contributed by atoms with Gasteiger partial charge in [0.1, 0.15) is 0 Å². The minimum Gasteiger partial charge on any atom is 0 e. The first-order valence-corrected chi connectivity index (χ1v) is 7.37. The molecule has 0 bridgehead atoms. The van der Waals surface area contributed by atoms with Gasteiger partial charge in [-0.2, -0.15) is 0 Å². The van der Waals surface area contributed by atoms with Gasteiger partial charge in [-0.15, -0.1) is 0 Å². The molecule has 0 aliphatic carbocycles. The monoisotopic (exact) mass is 582 g/mol. The molecule has 0 saturated carbocycles. The number of hydrogen-bond donors (Lipinski definition) is 0. The third-order valence-electron chi connectivity index (χ3n) is 0.894. The van der Waals surface area contributed by atoms with Crippen molar-refractivity contribution in [1.29, 1.82) is 0 Å². The zero-order chi connectivity index (χ0) is 27.4. The van der Waals surface area contributed by atoms with Crippen molar-refractivity contribution in [2.45, 2.75) is 0 Å². The fourth-order valence-corrected chi connectivity index (χ4v) is 1.34. The zero-order valence-electron chi connectivity index (χ0n) is 17.4. The van der Waals surface area contributed by atoms with Crippen molar-refractivity contribution in [1.82, 2.24) is 0 Å². The van der Waals surface area contributed by atoms with Crippen LogP contribution in [-0.4, -0.2) is 42.7 Å². The Balaban J connectivity index is -0.0000000149. The number of rotatable bonds is 6. The smallest absolute Gasteiger partial charge is 0 e. The van der Waals surface area contributed by atoms with E-state index in [0.29, 0.717) is 0 Å². The van der Waals surface area contributed by atoms with Crippen molar-refractivity contribution in [3.63, 3.8) is 0 Å². The Labute approximate surface area is 211 Å². The van der Waals surface area contributed by atoms with Crippen LogP contribution in [0.25, 0.3) is 0 Å². The van der Waals surface area contributed by atoms with E-state index in [2.05, 4.69) is 80.3 Å². The molecule has 14 nitrogen and oxygen atoms in total. The molecule has 2 radical (unpaired) electrons. The standard InChI is InChI=1S/2C3H9O3P.8CO.2Mn/c2*1-4-7(5-2)6-3;8*1-2;;/h2*1-3H3;;;;;;;;;;. The molecule has 0 fully saturated rings. The Kier molecular flexibility index (Phi) is 480. The molecule has 0 aromatic heterocycles. The normalized spacial score (nSPS) is 5.00. The fourth-order valence-electron chi connectivity index (χ4n) is 0.447. The van der Waals surface area contributed by atoms with Crippen LogP contribution in [0.15, 0.2) is 0 Å². The van der Waals surface area contributed by atoms with Gasteiger partial charge < -0.3 is 27.1 Å². The van der Waals surface area contributed by atoms with Crippen LogP contribution in [0.4, 0.5) is 0 Å². The van der Waals surface area contributed by atoms with E-state index in [0.717, 1.165) is 0 Å². The van der Waals surface area contributed by atoms with Crippen LogP contribution in [0, 0.1) is 53.2 Å². The summed E-state index contributed by atoms with van der Waals surface area (Å²) in [5.74, 6) is 0. The van der Waals surface area contributed by atoms with E-state index in [1.165, 1.54) is 0 Å². The molecule has 0 heterocycles. The molecule has 0 rings (SSSR count). The summed E-state index contributed by atoms with van der Waals surface area (Å²) in [6.07, 6.45) is 0. The molecule has 0 atom stereocenters. The van der Waals surface area contributed by atoms with E-state index in [1.807, 2.05) is 0 Å². The molecule has 32 heavy (non-hydrogen) atoms. The Morgan fingerprint density at radius 3 is 0.375 bits per heavy atom. The van der Waals surface area contributed by atoms with E-state index in [4.69, 9.17) is 37.2 Å². The summed E-state index contributed by atoms with van der Waals surface area (Å²) in [6, 6.07) is 0. The molecule has 0 saturated heterocycles. The van der Waals surface area contributed by atoms with E-state index in [9.17, 15) is 0 Å². The van der Waals surface area contributed by atoms with Gasteiger partial charge in [0.2, 0.25) is 0 Å². The molecular weight excluding hydrogens is 564 g/mol. The quantitative estimate of drug-likeness (QED) is 0.197. The van der Waals surface area contributed by atoms with Crippen molar-refractivity contribution in [2.75, 3.05) is 42.7 Å². The van der Waals surface area contributed by atoms with Crippen molar-refractivity contribution in [3.8, 4) is 0 Å². The molecule has 0 spiro atoms. The summed E-state index contributed by atoms with van der Waals surface area (Å²) < 4.78 is 88.0. The van der Waals surface area contributed by atoms with Crippen LogP contribution < -0.4 is 0 Å². The van der Waals surface area contributed by atoms with Gasteiger partial charge in [-0.05, 0) is 0 Å². The van der Waals surface area contributed by atoms with Crippen molar-refractivity contribution in [2.24, 2.45) is 0 Å². The molecule has 0 unspecified atom stereocenters. The molecule has 18 heteroatoms. The SMILES string of the molecule is COP(OC)OC.COP(OC)OC.[C-]#[O+].[C-]#[O+].[C-]#[O+].[C-]#[O+].[C-]#[O+].[C-]#[O+].[C-]#[O+].[C-]#[O+].[Mn].[Mn]. The van der Waals surface area contributed by atoms with Gasteiger partial charge in [0.15, 0.2) is 0 Å². The first kappa shape index (κ1) is 77.0. The topological polar surface area (TPSA) is 215 Å². The second kappa shape index (κ2) is 200. The largest absolute Gasteiger partial charge is 0 e. The van der Waals surface area contributed by atoms with Gasteiger partial charge in [-0.25, -0.2) is 0 Å². The molecule has 0 aliphatic heterocycles. The molecule has 0 aromatic rings. The van der Waals surface area contributed by atoms with E-state index in [-0.39, 0.29) is 34.1 Å². The maximum atomic E-state index is 7.50.